The lowest BCUT2D eigenvalue weighted by atomic mass is 10.1. The van der Waals surface area contributed by atoms with Crippen molar-refractivity contribution in [3.8, 4) is 17.0 Å². The van der Waals surface area contributed by atoms with Crippen LogP contribution in [0.4, 0.5) is 0 Å². The molecule has 0 N–H and O–H groups in total. The van der Waals surface area contributed by atoms with Crippen molar-refractivity contribution in [2.45, 2.75) is 6.54 Å². The molecule has 0 unspecified atom stereocenters. The van der Waals surface area contributed by atoms with Crippen LogP contribution in [0.25, 0.3) is 16.8 Å². The smallest absolute Gasteiger partial charge is 0.349 e. The van der Waals surface area contributed by atoms with Crippen LogP contribution in [0.2, 0.25) is 14.5 Å². The summed E-state index contributed by atoms with van der Waals surface area (Å²) >= 11 is 19.3. The van der Waals surface area contributed by atoms with Gasteiger partial charge in [0, 0.05) is 22.3 Å². The van der Waals surface area contributed by atoms with Gasteiger partial charge in [-0.15, -0.1) is 11.3 Å². The van der Waals surface area contributed by atoms with Gasteiger partial charge in [-0.25, -0.2) is 14.3 Å². The van der Waals surface area contributed by atoms with Crippen LogP contribution in [0.5, 0.6) is 5.88 Å². The van der Waals surface area contributed by atoms with E-state index < -0.39 is 11.4 Å². The zero-order chi connectivity index (χ0) is 19.1. The molecule has 0 amide bonds. The topological polar surface area (TPSA) is 61.3 Å². The van der Waals surface area contributed by atoms with Gasteiger partial charge in [0.1, 0.15) is 12.1 Å². The summed E-state index contributed by atoms with van der Waals surface area (Å²) in [6, 6.07) is 9.84. The number of aromatic nitrogens is 3. The zero-order valence-corrected chi connectivity index (χ0v) is 16.6. The van der Waals surface area contributed by atoms with Gasteiger partial charge < -0.3 is 5.11 Å². The first-order chi connectivity index (χ1) is 12.9. The fourth-order valence-electron chi connectivity index (χ4n) is 2.89. The standard InChI is InChI=1S/C18H10Cl3N3O2S/c19-11-5-10(6-12(20)7-11)15-16(25)23-4-2-1-3-14(23)24(17(15)26)9-13-8-22-18(21)27-13/h1-8H,9H2. The third-order valence-corrected chi connectivity index (χ3v) is 5.53. The highest BCUT2D eigenvalue weighted by Crippen LogP contribution is 2.28. The molecule has 5 nitrogen and oxygen atoms in total. The van der Waals surface area contributed by atoms with Crippen LogP contribution in [0.3, 0.4) is 0 Å². The highest BCUT2D eigenvalue weighted by molar-refractivity contribution is 7.15. The van der Waals surface area contributed by atoms with E-state index in [-0.39, 0.29) is 12.1 Å². The van der Waals surface area contributed by atoms with Crippen molar-refractivity contribution in [1.29, 1.82) is 0 Å². The summed E-state index contributed by atoms with van der Waals surface area (Å²) in [5.74, 6) is -0.436. The molecule has 0 aliphatic carbocycles. The van der Waals surface area contributed by atoms with Crippen molar-refractivity contribution in [3.05, 3.63) is 78.5 Å². The molecule has 4 aromatic rings. The van der Waals surface area contributed by atoms with E-state index in [9.17, 15) is 9.90 Å². The molecule has 0 spiro atoms. The van der Waals surface area contributed by atoms with E-state index in [1.165, 1.54) is 20.3 Å². The van der Waals surface area contributed by atoms with Crippen molar-refractivity contribution in [2.24, 2.45) is 0 Å². The summed E-state index contributed by atoms with van der Waals surface area (Å²) < 4.78 is 3.32. The number of hydrogen-bond donors (Lipinski definition) is 0. The van der Waals surface area contributed by atoms with Crippen LogP contribution >= 0.6 is 46.1 Å². The van der Waals surface area contributed by atoms with Crippen LogP contribution in [0.15, 0.2) is 53.6 Å². The monoisotopic (exact) mass is 437 g/mol. The van der Waals surface area contributed by atoms with Crippen molar-refractivity contribution in [3.63, 3.8) is 0 Å². The molecular formula is C18H10Cl3N3O2S. The Balaban J connectivity index is 2.03. The van der Waals surface area contributed by atoms with Gasteiger partial charge in [-0.3, -0.25) is 0 Å². The Labute approximate surface area is 172 Å². The third kappa shape index (κ3) is 3.41. The maximum absolute atomic E-state index is 13.3. The first kappa shape index (κ1) is 18.3. The number of hydrogen-bond acceptors (Lipinski definition) is 4. The fourth-order valence-corrected chi connectivity index (χ4v) is 4.38. The number of benzene rings is 1. The Hall–Kier alpha value is -2.12. The van der Waals surface area contributed by atoms with Crippen LogP contribution < -0.4 is 15.2 Å². The number of nitrogens with zero attached hydrogens (tertiary/aromatic N) is 3. The summed E-state index contributed by atoms with van der Waals surface area (Å²) in [4.78, 5) is 17.8. The quantitative estimate of drug-likeness (QED) is 0.457. The Morgan fingerprint density at radius 1 is 1.15 bits per heavy atom. The lowest BCUT2D eigenvalue weighted by Crippen LogP contribution is -2.44. The number of fused-ring (bicyclic) bond motifs is 1. The van der Waals surface area contributed by atoms with E-state index in [1.807, 2.05) is 0 Å². The maximum atomic E-state index is 13.3. The summed E-state index contributed by atoms with van der Waals surface area (Å²) in [7, 11) is 0. The largest absolute Gasteiger partial charge is 0.842 e. The van der Waals surface area contributed by atoms with Crippen molar-refractivity contribution in [2.75, 3.05) is 0 Å². The average Bonchev–Trinajstić information content (AvgIpc) is 3.03. The van der Waals surface area contributed by atoms with Gasteiger partial charge in [0.25, 0.3) is 5.65 Å². The molecule has 0 radical (unpaired) electrons. The Bertz CT molecular complexity index is 1220. The van der Waals surface area contributed by atoms with Crippen LogP contribution in [-0.2, 0) is 6.54 Å². The molecule has 3 heterocycles. The molecule has 0 saturated carbocycles. The Morgan fingerprint density at radius 3 is 2.56 bits per heavy atom. The molecule has 0 saturated heterocycles. The Kier molecular flexibility index (Phi) is 4.82. The molecule has 0 atom stereocenters. The minimum Gasteiger partial charge on any atom is -0.842 e. The normalized spacial score (nSPS) is 11.2. The minimum absolute atomic E-state index is 0.00119. The molecule has 4 rings (SSSR count). The van der Waals surface area contributed by atoms with Crippen LogP contribution in [-0.4, -0.2) is 9.38 Å². The summed E-state index contributed by atoms with van der Waals surface area (Å²) in [6.45, 7) is 0.234. The van der Waals surface area contributed by atoms with Crippen LogP contribution in [0.1, 0.15) is 4.88 Å². The van der Waals surface area contributed by atoms with Gasteiger partial charge in [0.2, 0.25) is 0 Å². The lowest BCUT2D eigenvalue weighted by molar-refractivity contribution is -0.707. The molecule has 136 valence electrons. The van der Waals surface area contributed by atoms with Gasteiger partial charge >= 0.3 is 5.56 Å². The first-order valence-corrected chi connectivity index (χ1v) is 9.70. The zero-order valence-electron chi connectivity index (χ0n) is 13.5. The third-order valence-electron chi connectivity index (χ3n) is 4.00. The first-order valence-electron chi connectivity index (χ1n) is 7.75. The number of halogens is 3. The molecule has 27 heavy (non-hydrogen) atoms. The van der Waals surface area contributed by atoms with E-state index >= 15 is 0 Å². The minimum atomic E-state index is -0.437. The van der Waals surface area contributed by atoms with E-state index in [0.29, 0.717) is 25.7 Å². The number of thiazole rings is 1. The predicted octanol–water partition coefficient (Wildman–Crippen LogP) is 3.79. The molecular weight excluding hydrogens is 429 g/mol. The van der Waals surface area contributed by atoms with Crippen molar-refractivity contribution < 1.29 is 9.67 Å². The average molecular weight is 439 g/mol. The molecule has 0 bridgehead atoms. The van der Waals surface area contributed by atoms with Gasteiger partial charge in [-0.05, 0) is 29.8 Å². The molecule has 3 aromatic heterocycles. The second-order valence-electron chi connectivity index (χ2n) is 5.74. The van der Waals surface area contributed by atoms with Gasteiger partial charge in [-0.1, -0.05) is 40.9 Å². The summed E-state index contributed by atoms with van der Waals surface area (Å²) in [6.07, 6.45) is 3.23. The van der Waals surface area contributed by atoms with Gasteiger partial charge in [0.15, 0.2) is 4.47 Å². The fraction of sp³-hybridized carbons (Fsp3) is 0.0556. The SMILES string of the molecule is O=c1c(-c2cc(Cl)cc(Cl)c2)c([O-])[n+](Cc2cnc(Cl)s2)c2ccccn12. The highest BCUT2D eigenvalue weighted by Gasteiger charge is 2.21. The van der Waals surface area contributed by atoms with Gasteiger partial charge in [0.05, 0.1) is 17.0 Å². The Morgan fingerprint density at radius 2 is 1.89 bits per heavy atom. The maximum Gasteiger partial charge on any atom is 0.349 e. The van der Waals surface area contributed by atoms with Crippen LogP contribution in [0, 0.1) is 0 Å². The molecule has 0 aliphatic rings. The lowest BCUT2D eigenvalue weighted by Gasteiger charge is -2.16. The summed E-state index contributed by atoms with van der Waals surface area (Å²) in [5, 5.41) is 13.9. The highest BCUT2D eigenvalue weighted by atomic mass is 35.5. The predicted molar refractivity (Wildman–Crippen MR) is 105 cm³/mol. The van der Waals surface area contributed by atoms with E-state index in [1.54, 1.807) is 48.8 Å². The molecule has 0 fully saturated rings. The molecule has 0 aliphatic heterocycles. The van der Waals surface area contributed by atoms with Crippen molar-refractivity contribution in [1.82, 2.24) is 9.38 Å². The van der Waals surface area contributed by atoms with Gasteiger partial charge in [-0.2, -0.15) is 4.40 Å². The summed E-state index contributed by atoms with van der Waals surface area (Å²) in [5.41, 5.74) is 0.400. The van der Waals surface area contributed by atoms with E-state index in [0.717, 1.165) is 4.88 Å². The van der Waals surface area contributed by atoms with Crippen molar-refractivity contribution >= 4 is 51.8 Å². The van der Waals surface area contributed by atoms with E-state index in [4.69, 9.17) is 34.8 Å². The molecule has 1 aromatic carbocycles. The second kappa shape index (κ2) is 7.13. The second-order valence-corrected chi connectivity index (χ2v) is 8.31. The number of rotatable bonds is 3. The number of pyridine rings is 1. The van der Waals surface area contributed by atoms with E-state index in [2.05, 4.69) is 4.98 Å². The molecule has 9 heteroatoms.